The summed E-state index contributed by atoms with van der Waals surface area (Å²) in [7, 11) is 0. The molecule has 0 aromatic heterocycles. The van der Waals surface area contributed by atoms with Crippen LogP contribution in [0.5, 0.6) is 0 Å². The predicted octanol–water partition coefficient (Wildman–Crippen LogP) is 8.38. The van der Waals surface area contributed by atoms with Crippen molar-refractivity contribution in [3.63, 3.8) is 0 Å². The Morgan fingerprint density at radius 2 is 1.48 bits per heavy atom. The molecule has 5 rings (SSSR count). The van der Waals surface area contributed by atoms with Crippen molar-refractivity contribution < 1.29 is 4.79 Å². The summed E-state index contributed by atoms with van der Waals surface area (Å²) in [4.78, 5) is 14.0. The van der Waals surface area contributed by atoms with Gasteiger partial charge >= 0.3 is 0 Å². The molecule has 174 valence electrons. The van der Waals surface area contributed by atoms with Crippen molar-refractivity contribution in [2.45, 2.75) is 120 Å². The Morgan fingerprint density at radius 3 is 2.16 bits per heavy atom. The van der Waals surface area contributed by atoms with Gasteiger partial charge < -0.3 is 0 Å². The molecule has 0 unspecified atom stereocenters. The summed E-state index contributed by atoms with van der Waals surface area (Å²) in [5.74, 6) is 3.07. The van der Waals surface area contributed by atoms with Crippen LogP contribution in [0.2, 0.25) is 0 Å². The van der Waals surface area contributed by atoms with Crippen molar-refractivity contribution >= 4 is 5.78 Å². The second-order valence-electron chi connectivity index (χ2n) is 14.5. The van der Waals surface area contributed by atoms with Gasteiger partial charge in [0.25, 0.3) is 0 Å². The quantitative estimate of drug-likeness (QED) is 0.386. The van der Waals surface area contributed by atoms with Crippen LogP contribution in [0.1, 0.15) is 120 Å². The number of Topliss-reactive ketones (excluding diaryl/α,β-unsaturated/α-hetero) is 1. The van der Waals surface area contributed by atoms with E-state index in [1.54, 1.807) is 5.57 Å². The van der Waals surface area contributed by atoms with E-state index >= 15 is 0 Å². The average molecular weight is 425 g/mol. The zero-order valence-corrected chi connectivity index (χ0v) is 21.8. The molecule has 4 saturated carbocycles. The van der Waals surface area contributed by atoms with Crippen molar-refractivity contribution in [1.29, 1.82) is 0 Å². The van der Waals surface area contributed by atoms with Gasteiger partial charge in [-0.1, -0.05) is 73.0 Å². The minimum Gasteiger partial charge on any atom is -0.299 e. The topological polar surface area (TPSA) is 17.1 Å². The summed E-state index contributed by atoms with van der Waals surface area (Å²) in [5, 5.41) is 0. The minimum atomic E-state index is 0.167. The number of hydrogen-bond donors (Lipinski definition) is 0. The number of carbonyl (C=O) groups is 1. The summed E-state index contributed by atoms with van der Waals surface area (Å²) in [6.07, 6.45) is 12.7. The fraction of sp³-hybridized carbons (Fsp3) is 0.900. The third kappa shape index (κ3) is 2.59. The second kappa shape index (κ2) is 6.50. The van der Waals surface area contributed by atoms with Crippen LogP contribution >= 0.6 is 0 Å². The third-order valence-corrected chi connectivity index (χ3v) is 12.6. The van der Waals surface area contributed by atoms with Gasteiger partial charge in [-0.3, -0.25) is 4.79 Å². The molecule has 0 heterocycles. The highest BCUT2D eigenvalue weighted by Crippen LogP contribution is 2.76. The van der Waals surface area contributed by atoms with Gasteiger partial charge in [0.2, 0.25) is 0 Å². The molecule has 0 amide bonds. The van der Waals surface area contributed by atoms with Crippen LogP contribution in [0, 0.1) is 50.7 Å². The molecule has 0 radical (unpaired) electrons. The highest BCUT2D eigenvalue weighted by Gasteiger charge is 2.70. The second-order valence-corrected chi connectivity index (χ2v) is 14.5. The lowest BCUT2D eigenvalue weighted by atomic mass is 9.32. The molecule has 1 nitrogen and oxygen atoms in total. The summed E-state index contributed by atoms with van der Waals surface area (Å²) in [6.45, 7) is 20.0. The Bertz CT molecular complexity index is 831. The van der Waals surface area contributed by atoms with Crippen molar-refractivity contribution in [3.05, 3.63) is 11.1 Å². The van der Waals surface area contributed by atoms with E-state index < -0.39 is 0 Å². The fourth-order valence-electron chi connectivity index (χ4n) is 11.3. The van der Waals surface area contributed by atoms with Crippen molar-refractivity contribution in [1.82, 2.24) is 0 Å². The summed E-state index contributed by atoms with van der Waals surface area (Å²) in [5.41, 5.74) is 4.86. The molecule has 5 aliphatic carbocycles. The van der Waals surface area contributed by atoms with E-state index in [-0.39, 0.29) is 22.2 Å². The van der Waals surface area contributed by atoms with Gasteiger partial charge in [0.1, 0.15) is 5.78 Å². The highest BCUT2D eigenvalue weighted by atomic mass is 16.1. The first kappa shape index (κ1) is 22.2. The van der Waals surface area contributed by atoms with E-state index in [1.165, 1.54) is 57.8 Å². The molecule has 0 N–H and O–H groups in total. The lowest BCUT2D eigenvalue weighted by molar-refractivity contribution is -0.220. The average Bonchev–Trinajstić information content (AvgIpc) is 2.98. The van der Waals surface area contributed by atoms with Crippen LogP contribution in [0.25, 0.3) is 0 Å². The Morgan fingerprint density at radius 1 is 0.806 bits per heavy atom. The molecule has 0 aliphatic heterocycles. The van der Waals surface area contributed by atoms with E-state index in [9.17, 15) is 4.79 Å². The standard InChI is InChI=1S/C30H48O/c1-19(2)20-12-16-27(5)21(20)13-17-29(7)23(27)10-11-24-28(6)15-9-14-26(3,4)25(28)22(31)18-30(24,29)8/h19,23-25H,9-18H2,1-8H3/t23-,24-,25+,27+,28-,29-,30-/m1/s1. The maximum Gasteiger partial charge on any atom is 0.137 e. The molecule has 0 saturated heterocycles. The Labute approximate surface area is 192 Å². The molecule has 7 atom stereocenters. The lowest BCUT2D eigenvalue weighted by Gasteiger charge is -2.72. The first-order chi connectivity index (χ1) is 14.3. The van der Waals surface area contributed by atoms with Gasteiger partial charge in [0, 0.05) is 12.3 Å². The summed E-state index contributed by atoms with van der Waals surface area (Å²) < 4.78 is 0. The van der Waals surface area contributed by atoms with Crippen LogP contribution in [-0.4, -0.2) is 5.78 Å². The summed E-state index contributed by atoms with van der Waals surface area (Å²) >= 11 is 0. The molecule has 0 aromatic carbocycles. The van der Waals surface area contributed by atoms with E-state index in [1.807, 2.05) is 5.57 Å². The highest BCUT2D eigenvalue weighted by molar-refractivity contribution is 5.85. The first-order valence-electron chi connectivity index (χ1n) is 13.6. The number of allylic oxidation sites excluding steroid dienone is 2. The molecule has 4 fully saturated rings. The van der Waals surface area contributed by atoms with Gasteiger partial charge in [-0.25, -0.2) is 0 Å². The Balaban J connectivity index is 1.59. The van der Waals surface area contributed by atoms with Crippen molar-refractivity contribution in [2.24, 2.45) is 50.7 Å². The van der Waals surface area contributed by atoms with Gasteiger partial charge in [-0.2, -0.15) is 0 Å². The molecule has 0 aromatic rings. The van der Waals surface area contributed by atoms with Crippen LogP contribution < -0.4 is 0 Å². The van der Waals surface area contributed by atoms with Crippen LogP contribution in [-0.2, 0) is 4.79 Å². The Kier molecular flexibility index (Phi) is 4.66. The monoisotopic (exact) mass is 424 g/mol. The van der Waals surface area contributed by atoms with Gasteiger partial charge in [-0.05, 0) is 96.2 Å². The predicted molar refractivity (Wildman–Crippen MR) is 130 cm³/mol. The maximum atomic E-state index is 14.0. The zero-order valence-electron chi connectivity index (χ0n) is 21.8. The molecule has 0 spiro atoms. The van der Waals surface area contributed by atoms with Gasteiger partial charge in [-0.15, -0.1) is 0 Å². The Hall–Kier alpha value is -0.590. The SMILES string of the molecule is CC(C)C1=C2CC[C@]3(C)[C@H](CC[C@@H]4[C@@]5(C)CCCC(C)(C)[C@@H]5C(=O)C[C@]43C)[C@@]2(C)CC1. The molecule has 0 bridgehead atoms. The van der Waals surface area contributed by atoms with Crippen LogP contribution in [0.15, 0.2) is 11.1 Å². The largest absolute Gasteiger partial charge is 0.299 e. The van der Waals surface area contributed by atoms with E-state index in [4.69, 9.17) is 0 Å². The third-order valence-electron chi connectivity index (χ3n) is 12.6. The van der Waals surface area contributed by atoms with E-state index in [0.29, 0.717) is 28.4 Å². The molecular weight excluding hydrogens is 376 g/mol. The number of rotatable bonds is 1. The molecule has 5 aliphatic rings. The normalized spacial score (nSPS) is 51.3. The number of hydrogen-bond acceptors (Lipinski definition) is 1. The van der Waals surface area contributed by atoms with Gasteiger partial charge in [0.05, 0.1) is 0 Å². The zero-order chi connectivity index (χ0) is 22.6. The minimum absolute atomic E-state index is 0.167. The number of ketones is 1. The molecule has 1 heteroatoms. The first-order valence-corrected chi connectivity index (χ1v) is 13.6. The maximum absolute atomic E-state index is 14.0. The number of fused-ring (bicyclic) bond motifs is 7. The lowest BCUT2D eigenvalue weighted by Crippen LogP contribution is -2.67. The van der Waals surface area contributed by atoms with E-state index in [0.717, 1.165) is 12.3 Å². The fourth-order valence-corrected chi connectivity index (χ4v) is 11.3. The van der Waals surface area contributed by atoms with E-state index in [2.05, 4.69) is 55.4 Å². The smallest absolute Gasteiger partial charge is 0.137 e. The summed E-state index contributed by atoms with van der Waals surface area (Å²) in [6, 6.07) is 0. The van der Waals surface area contributed by atoms with Crippen LogP contribution in [0.3, 0.4) is 0 Å². The number of carbonyl (C=O) groups excluding carboxylic acids is 1. The van der Waals surface area contributed by atoms with Gasteiger partial charge in [0.15, 0.2) is 0 Å². The van der Waals surface area contributed by atoms with Crippen molar-refractivity contribution in [2.75, 3.05) is 0 Å². The van der Waals surface area contributed by atoms with Crippen LogP contribution in [0.4, 0.5) is 0 Å². The molecule has 31 heavy (non-hydrogen) atoms. The van der Waals surface area contributed by atoms with Crippen molar-refractivity contribution in [3.8, 4) is 0 Å². The molecular formula is C30H48O.